The number of aromatic nitrogens is 1. The van der Waals surface area contributed by atoms with Crippen molar-refractivity contribution in [3.05, 3.63) is 96.1 Å². The monoisotopic (exact) mass is 484 g/mol. The van der Waals surface area contributed by atoms with Crippen molar-refractivity contribution in [3.8, 4) is 16.9 Å². The number of methoxy groups -OCH3 is 1. The normalized spacial score (nSPS) is 11.7. The van der Waals surface area contributed by atoms with Crippen LogP contribution in [0.15, 0.2) is 89.8 Å². The fourth-order valence-corrected chi connectivity index (χ4v) is 5.58. The first kappa shape index (κ1) is 22.7. The van der Waals surface area contributed by atoms with Crippen LogP contribution >= 0.6 is 0 Å². The first-order chi connectivity index (χ1) is 16.8. The average Bonchev–Trinajstić information content (AvgIpc) is 3.16. The molecule has 0 aliphatic heterocycles. The lowest BCUT2D eigenvalue weighted by Crippen LogP contribution is -2.11. The standard InChI is InChI=1S/C28H24N2O4S/c1-34-21-13-10-18(11-14-21)19-12-15-22-25(16-19)30(24-8-5-7-23(27(22)24)28(29)31)17-20-6-3-4-9-26(20)35(2,32)33/h3-16H,17H2,1-2H3,(H2,29,31). The van der Waals surface area contributed by atoms with Gasteiger partial charge < -0.3 is 15.0 Å². The first-order valence-electron chi connectivity index (χ1n) is 11.0. The maximum atomic E-state index is 12.5. The summed E-state index contributed by atoms with van der Waals surface area (Å²) in [6, 6.07) is 26.3. The molecule has 7 heteroatoms. The lowest BCUT2D eigenvalue weighted by Gasteiger charge is -2.12. The number of ether oxygens (including phenoxy) is 1. The van der Waals surface area contributed by atoms with Crippen LogP contribution in [0.3, 0.4) is 0 Å². The predicted octanol–water partition coefficient (Wildman–Crippen LogP) is 5.02. The Morgan fingerprint density at radius 3 is 2.29 bits per heavy atom. The van der Waals surface area contributed by atoms with E-state index in [1.165, 1.54) is 6.26 Å². The Morgan fingerprint density at radius 1 is 0.886 bits per heavy atom. The number of amides is 1. The molecule has 0 spiro atoms. The lowest BCUT2D eigenvalue weighted by atomic mass is 10.0. The third kappa shape index (κ3) is 4.04. The highest BCUT2D eigenvalue weighted by Gasteiger charge is 2.19. The second-order valence-corrected chi connectivity index (χ2v) is 10.5. The van der Waals surface area contributed by atoms with Gasteiger partial charge in [0.2, 0.25) is 5.91 Å². The molecule has 0 saturated carbocycles. The molecule has 0 saturated heterocycles. The number of nitrogens with zero attached hydrogens (tertiary/aromatic N) is 1. The minimum absolute atomic E-state index is 0.285. The Kier molecular flexibility index (Phi) is 5.57. The molecule has 1 amide bonds. The summed E-state index contributed by atoms with van der Waals surface area (Å²) in [5.74, 6) is 0.262. The number of rotatable bonds is 6. The van der Waals surface area contributed by atoms with Gasteiger partial charge in [-0.05, 0) is 53.1 Å². The van der Waals surface area contributed by atoms with Gasteiger partial charge in [-0.2, -0.15) is 0 Å². The number of carbonyl (C=O) groups is 1. The SMILES string of the molecule is COc1ccc(-c2ccc3c4c(C(N)=O)cccc4n(Cc4ccccc4S(C)(=O)=O)c3c2)cc1. The summed E-state index contributed by atoms with van der Waals surface area (Å²) in [5, 5.41) is 1.64. The van der Waals surface area contributed by atoms with E-state index in [2.05, 4.69) is 6.07 Å². The Morgan fingerprint density at radius 2 is 1.60 bits per heavy atom. The van der Waals surface area contributed by atoms with Crippen molar-refractivity contribution in [1.29, 1.82) is 0 Å². The van der Waals surface area contributed by atoms with E-state index >= 15 is 0 Å². The summed E-state index contributed by atoms with van der Waals surface area (Å²) in [5.41, 5.74) is 10.5. The highest BCUT2D eigenvalue weighted by Crippen LogP contribution is 2.35. The van der Waals surface area contributed by atoms with Crippen LogP contribution in [-0.4, -0.2) is 32.3 Å². The molecule has 0 aliphatic carbocycles. The third-order valence-corrected chi connectivity index (χ3v) is 7.48. The number of hydrogen-bond donors (Lipinski definition) is 1. The molecule has 0 bridgehead atoms. The van der Waals surface area contributed by atoms with Crippen molar-refractivity contribution in [2.45, 2.75) is 11.4 Å². The molecule has 35 heavy (non-hydrogen) atoms. The summed E-state index contributed by atoms with van der Waals surface area (Å²) >= 11 is 0. The van der Waals surface area contributed by atoms with Gasteiger partial charge in [0.05, 0.1) is 23.0 Å². The van der Waals surface area contributed by atoms with Crippen molar-refractivity contribution in [2.24, 2.45) is 5.73 Å². The molecule has 6 nitrogen and oxygen atoms in total. The molecule has 1 heterocycles. The molecule has 0 unspecified atom stereocenters. The molecule has 0 radical (unpaired) electrons. The predicted molar refractivity (Wildman–Crippen MR) is 139 cm³/mol. The number of nitrogens with two attached hydrogens (primary N) is 1. The van der Waals surface area contributed by atoms with E-state index in [1.807, 2.05) is 59.2 Å². The number of fused-ring (bicyclic) bond motifs is 3. The summed E-state index contributed by atoms with van der Waals surface area (Å²) < 4.78 is 32.3. The molecule has 1 aromatic heterocycles. The van der Waals surface area contributed by atoms with E-state index in [1.54, 1.807) is 31.4 Å². The molecule has 0 atom stereocenters. The highest BCUT2D eigenvalue weighted by molar-refractivity contribution is 7.90. The van der Waals surface area contributed by atoms with Gasteiger partial charge in [0.1, 0.15) is 5.75 Å². The van der Waals surface area contributed by atoms with E-state index in [9.17, 15) is 13.2 Å². The van der Waals surface area contributed by atoms with Crippen LogP contribution in [-0.2, 0) is 16.4 Å². The van der Waals surface area contributed by atoms with Crippen LogP contribution in [0, 0.1) is 0 Å². The summed E-state index contributed by atoms with van der Waals surface area (Å²) in [6.07, 6.45) is 1.21. The van der Waals surface area contributed by atoms with Crippen molar-refractivity contribution < 1.29 is 17.9 Å². The Balaban J connectivity index is 1.79. The topological polar surface area (TPSA) is 91.4 Å². The van der Waals surface area contributed by atoms with Crippen LogP contribution in [0.25, 0.3) is 32.9 Å². The number of hydrogen-bond acceptors (Lipinski definition) is 4. The van der Waals surface area contributed by atoms with Crippen molar-refractivity contribution in [1.82, 2.24) is 4.57 Å². The van der Waals surface area contributed by atoms with Crippen molar-refractivity contribution in [3.63, 3.8) is 0 Å². The van der Waals surface area contributed by atoms with Gasteiger partial charge in [-0.25, -0.2) is 8.42 Å². The fourth-order valence-electron chi connectivity index (χ4n) is 4.65. The fraction of sp³-hybridized carbons (Fsp3) is 0.107. The van der Waals surface area contributed by atoms with Crippen LogP contribution in [0.2, 0.25) is 0 Å². The zero-order chi connectivity index (χ0) is 24.7. The number of primary amides is 1. The van der Waals surface area contributed by atoms with E-state index < -0.39 is 15.7 Å². The van der Waals surface area contributed by atoms with Gasteiger partial charge in [-0.15, -0.1) is 0 Å². The Bertz CT molecular complexity index is 1700. The Hall–Kier alpha value is -4.10. The molecule has 4 aromatic carbocycles. The quantitative estimate of drug-likeness (QED) is 0.366. The summed E-state index contributed by atoms with van der Waals surface area (Å²) in [7, 11) is -1.79. The van der Waals surface area contributed by atoms with Crippen LogP contribution in [0.5, 0.6) is 5.75 Å². The Labute approximate surface area is 203 Å². The van der Waals surface area contributed by atoms with E-state index in [0.29, 0.717) is 17.7 Å². The van der Waals surface area contributed by atoms with Gasteiger partial charge in [0, 0.05) is 29.1 Å². The molecule has 0 fully saturated rings. The number of sulfone groups is 1. The molecular formula is C28H24N2O4S. The largest absolute Gasteiger partial charge is 0.497 e. The summed E-state index contributed by atoms with van der Waals surface area (Å²) in [4.78, 5) is 12.6. The van der Waals surface area contributed by atoms with Crippen molar-refractivity contribution >= 4 is 37.6 Å². The zero-order valence-electron chi connectivity index (χ0n) is 19.4. The van der Waals surface area contributed by atoms with Gasteiger partial charge in [0.15, 0.2) is 9.84 Å². The molecule has 5 aromatic rings. The second kappa shape index (κ2) is 8.60. The minimum Gasteiger partial charge on any atom is -0.497 e. The van der Waals surface area contributed by atoms with E-state index in [0.717, 1.165) is 38.7 Å². The van der Waals surface area contributed by atoms with Gasteiger partial charge in [-0.1, -0.05) is 48.5 Å². The van der Waals surface area contributed by atoms with Gasteiger partial charge in [0.25, 0.3) is 0 Å². The van der Waals surface area contributed by atoms with Gasteiger partial charge in [-0.3, -0.25) is 4.79 Å². The average molecular weight is 485 g/mol. The summed E-state index contributed by atoms with van der Waals surface area (Å²) in [6.45, 7) is 0.317. The molecule has 2 N–H and O–H groups in total. The van der Waals surface area contributed by atoms with Gasteiger partial charge >= 0.3 is 0 Å². The van der Waals surface area contributed by atoms with E-state index in [-0.39, 0.29) is 4.90 Å². The first-order valence-corrected chi connectivity index (χ1v) is 12.9. The van der Waals surface area contributed by atoms with Crippen LogP contribution in [0.1, 0.15) is 15.9 Å². The molecular weight excluding hydrogens is 460 g/mol. The smallest absolute Gasteiger partial charge is 0.249 e. The highest BCUT2D eigenvalue weighted by atomic mass is 32.2. The van der Waals surface area contributed by atoms with Crippen molar-refractivity contribution in [2.75, 3.05) is 13.4 Å². The molecule has 5 rings (SSSR count). The van der Waals surface area contributed by atoms with E-state index in [4.69, 9.17) is 10.5 Å². The maximum absolute atomic E-state index is 12.5. The second-order valence-electron chi connectivity index (χ2n) is 8.49. The molecule has 0 aliphatic rings. The maximum Gasteiger partial charge on any atom is 0.249 e. The number of benzene rings is 4. The van der Waals surface area contributed by atoms with Crippen LogP contribution < -0.4 is 10.5 Å². The minimum atomic E-state index is -3.42. The van der Waals surface area contributed by atoms with Crippen LogP contribution in [0.4, 0.5) is 0 Å². The third-order valence-electron chi connectivity index (χ3n) is 6.28. The molecule has 176 valence electrons. The zero-order valence-corrected chi connectivity index (χ0v) is 20.2. The number of carbonyl (C=O) groups excluding carboxylic acids is 1. The lowest BCUT2D eigenvalue weighted by molar-refractivity contribution is 0.100.